The Morgan fingerprint density at radius 1 is 1.65 bits per heavy atom. The summed E-state index contributed by atoms with van der Waals surface area (Å²) in [6, 6.07) is 3.69. The Balaban J connectivity index is 1.93. The van der Waals surface area contributed by atoms with E-state index in [9.17, 15) is 4.79 Å². The lowest BCUT2D eigenvalue weighted by Crippen LogP contribution is -2.20. The number of nitrogens with one attached hydrogen (secondary N) is 2. The van der Waals surface area contributed by atoms with E-state index in [1.807, 2.05) is 17.8 Å². The summed E-state index contributed by atoms with van der Waals surface area (Å²) in [4.78, 5) is 15.5. The molecule has 1 aliphatic rings. The molecule has 0 spiro atoms. The van der Waals surface area contributed by atoms with Crippen molar-refractivity contribution in [2.75, 3.05) is 24.7 Å². The average Bonchev–Trinajstić information content (AvgIpc) is 2.89. The minimum Gasteiger partial charge on any atom is -0.384 e. The fourth-order valence-electron chi connectivity index (χ4n) is 1.83. The molecule has 1 atom stereocenters. The largest absolute Gasteiger partial charge is 0.384 e. The maximum Gasteiger partial charge on any atom is 0.269 e. The number of anilines is 1. The molecule has 1 amide bonds. The van der Waals surface area contributed by atoms with Gasteiger partial charge in [-0.25, -0.2) is 0 Å². The Morgan fingerprint density at radius 3 is 3.24 bits per heavy atom. The van der Waals surface area contributed by atoms with Crippen molar-refractivity contribution in [1.82, 2.24) is 10.3 Å². The van der Waals surface area contributed by atoms with Gasteiger partial charge in [0.25, 0.3) is 5.91 Å². The second-order valence-electron chi connectivity index (χ2n) is 4.02. The van der Waals surface area contributed by atoms with Crippen molar-refractivity contribution in [3.63, 3.8) is 0 Å². The van der Waals surface area contributed by atoms with Crippen LogP contribution in [0.3, 0.4) is 0 Å². The standard InChI is InChI=1S/C12H17N3OS/c1-13-12(16)11-7-9(4-5-14-11)15-8-10-3-2-6-17-10/h4-5,7,10H,2-3,6,8H2,1H3,(H,13,16)(H,14,15). The molecule has 0 saturated carbocycles. The Kier molecular flexibility index (Phi) is 4.25. The van der Waals surface area contributed by atoms with Crippen molar-refractivity contribution < 1.29 is 4.79 Å². The minimum absolute atomic E-state index is 0.149. The summed E-state index contributed by atoms with van der Waals surface area (Å²) in [5.41, 5.74) is 1.42. The molecule has 1 unspecified atom stereocenters. The normalized spacial score (nSPS) is 19.0. The van der Waals surface area contributed by atoms with Gasteiger partial charge in [0, 0.05) is 30.7 Å². The summed E-state index contributed by atoms with van der Waals surface area (Å²) >= 11 is 2.02. The van der Waals surface area contributed by atoms with Gasteiger partial charge >= 0.3 is 0 Å². The van der Waals surface area contributed by atoms with E-state index in [0.717, 1.165) is 12.2 Å². The molecule has 0 radical (unpaired) electrons. The maximum absolute atomic E-state index is 11.4. The molecule has 1 aromatic rings. The molecule has 1 aromatic heterocycles. The highest BCUT2D eigenvalue weighted by Crippen LogP contribution is 2.26. The van der Waals surface area contributed by atoms with Crippen LogP contribution in [0.2, 0.25) is 0 Å². The van der Waals surface area contributed by atoms with Gasteiger partial charge in [-0.15, -0.1) is 0 Å². The molecule has 2 heterocycles. The van der Waals surface area contributed by atoms with Crippen LogP contribution in [0, 0.1) is 0 Å². The van der Waals surface area contributed by atoms with E-state index in [-0.39, 0.29) is 5.91 Å². The van der Waals surface area contributed by atoms with E-state index in [4.69, 9.17) is 0 Å². The topological polar surface area (TPSA) is 54.0 Å². The lowest BCUT2D eigenvalue weighted by atomic mass is 10.2. The summed E-state index contributed by atoms with van der Waals surface area (Å²) in [5.74, 6) is 1.12. The summed E-state index contributed by atoms with van der Waals surface area (Å²) in [5, 5.41) is 6.64. The number of carbonyl (C=O) groups excluding carboxylic acids is 1. The van der Waals surface area contributed by atoms with Crippen LogP contribution in [0.15, 0.2) is 18.3 Å². The monoisotopic (exact) mass is 251 g/mol. The van der Waals surface area contributed by atoms with Crippen molar-refractivity contribution in [2.24, 2.45) is 0 Å². The smallest absolute Gasteiger partial charge is 0.269 e. The molecule has 2 rings (SSSR count). The lowest BCUT2D eigenvalue weighted by Gasteiger charge is -2.11. The Hall–Kier alpha value is -1.23. The van der Waals surface area contributed by atoms with Crippen LogP contribution in [0.5, 0.6) is 0 Å². The first-order valence-corrected chi connectivity index (χ1v) is 6.88. The number of hydrogen-bond donors (Lipinski definition) is 2. The second kappa shape index (κ2) is 5.91. The number of thioether (sulfide) groups is 1. The summed E-state index contributed by atoms with van der Waals surface area (Å²) in [6.45, 7) is 0.960. The molecule has 0 aliphatic carbocycles. The molecule has 0 aromatic carbocycles. The molecule has 17 heavy (non-hydrogen) atoms. The summed E-state index contributed by atoms with van der Waals surface area (Å²) in [7, 11) is 1.61. The van der Waals surface area contributed by atoms with Crippen molar-refractivity contribution in [3.8, 4) is 0 Å². The molecule has 0 bridgehead atoms. The first kappa shape index (κ1) is 12.2. The van der Waals surface area contributed by atoms with Crippen LogP contribution in [0.1, 0.15) is 23.3 Å². The maximum atomic E-state index is 11.4. The van der Waals surface area contributed by atoms with Gasteiger partial charge in [-0.2, -0.15) is 11.8 Å². The lowest BCUT2D eigenvalue weighted by molar-refractivity contribution is 0.0958. The van der Waals surface area contributed by atoms with Crippen LogP contribution in [-0.2, 0) is 0 Å². The van der Waals surface area contributed by atoms with Crippen LogP contribution in [-0.4, -0.2) is 35.5 Å². The third-order valence-electron chi connectivity index (χ3n) is 2.78. The van der Waals surface area contributed by atoms with Gasteiger partial charge in [0.05, 0.1) is 0 Å². The van der Waals surface area contributed by atoms with Crippen LogP contribution >= 0.6 is 11.8 Å². The third kappa shape index (κ3) is 3.36. The van der Waals surface area contributed by atoms with E-state index in [1.165, 1.54) is 18.6 Å². The zero-order valence-electron chi connectivity index (χ0n) is 9.90. The van der Waals surface area contributed by atoms with E-state index >= 15 is 0 Å². The second-order valence-corrected chi connectivity index (χ2v) is 5.43. The predicted molar refractivity (Wildman–Crippen MR) is 71.6 cm³/mol. The number of rotatable bonds is 4. The van der Waals surface area contributed by atoms with E-state index in [0.29, 0.717) is 10.9 Å². The fraction of sp³-hybridized carbons (Fsp3) is 0.500. The van der Waals surface area contributed by atoms with Crippen LogP contribution in [0.25, 0.3) is 0 Å². The quantitative estimate of drug-likeness (QED) is 0.856. The average molecular weight is 251 g/mol. The molecule has 1 saturated heterocycles. The first-order valence-electron chi connectivity index (χ1n) is 5.83. The number of nitrogens with zero attached hydrogens (tertiary/aromatic N) is 1. The Bertz CT molecular complexity index is 391. The third-order valence-corrected chi connectivity index (χ3v) is 4.18. The fourth-order valence-corrected chi connectivity index (χ4v) is 3.03. The number of pyridine rings is 1. The molecule has 92 valence electrons. The predicted octanol–water partition coefficient (Wildman–Crippen LogP) is 1.75. The molecule has 1 aliphatic heterocycles. The highest BCUT2D eigenvalue weighted by Gasteiger charge is 2.15. The number of aromatic nitrogens is 1. The van der Waals surface area contributed by atoms with E-state index in [1.54, 1.807) is 19.3 Å². The number of hydrogen-bond acceptors (Lipinski definition) is 4. The van der Waals surface area contributed by atoms with Gasteiger partial charge in [-0.1, -0.05) is 0 Å². The first-order chi connectivity index (χ1) is 8.29. The van der Waals surface area contributed by atoms with Gasteiger partial charge in [0.1, 0.15) is 5.69 Å². The van der Waals surface area contributed by atoms with Crippen LogP contribution in [0.4, 0.5) is 5.69 Å². The van der Waals surface area contributed by atoms with Gasteiger partial charge in [-0.05, 0) is 30.7 Å². The van der Waals surface area contributed by atoms with E-state index in [2.05, 4.69) is 15.6 Å². The minimum atomic E-state index is -0.149. The highest BCUT2D eigenvalue weighted by atomic mass is 32.2. The Labute approximate surface area is 106 Å². The number of carbonyl (C=O) groups is 1. The zero-order valence-corrected chi connectivity index (χ0v) is 10.7. The molecule has 2 N–H and O–H groups in total. The molecule has 5 heteroatoms. The van der Waals surface area contributed by atoms with Crippen molar-refractivity contribution in [1.29, 1.82) is 0 Å². The van der Waals surface area contributed by atoms with E-state index < -0.39 is 0 Å². The number of amides is 1. The summed E-state index contributed by atoms with van der Waals surface area (Å²) in [6.07, 6.45) is 4.26. The highest BCUT2D eigenvalue weighted by molar-refractivity contribution is 8.00. The van der Waals surface area contributed by atoms with Gasteiger partial charge in [0.15, 0.2) is 0 Å². The van der Waals surface area contributed by atoms with Crippen molar-refractivity contribution >= 4 is 23.4 Å². The Morgan fingerprint density at radius 2 is 2.53 bits per heavy atom. The van der Waals surface area contributed by atoms with Crippen LogP contribution < -0.4 is 10.6 Å². The zero-order chi connectivity index (χ0) is 12.1. The molecular weight excluding hydrogens is 234 g/mol. The van der Waals surface area contributed by atoms with Gasteiger partial charge < -0.3 is 10.6 Å². The summed E-state index contributed by atoms with van der Waals surface area (Å²) < 4.78 is 0. The van der Waals surface area contributed by atoms with Crippen molar-refractivity contribution in [2.45, 2.75) is 18.1 Å². The van der Waals surface area contributed by atoms with Gasteiger partial charge in [0.2, 0.25) is 0 Å². The molecule has 1 fully saturated rings. The molecule has 4 nitrogen and oxygen atoms in total. The van der Waals surface area contributed by atoms with Gasteiger partial charge in [-0.3, -0.25) is 9.78 Å². The van der Waals surface area contributed by atoms with Crippen molar-refractivity contribution in [3.05, 3.63) is 24.0 Å². The molecular formula is C12H17N3OS. The SMILES string of the molecule is CNC(=O)c1cc(NCC2CCCS2)ccn1.